The van der Waals surface area contributed by atoms with Crippen LogP contribution in [-0.4, -0.2) is 5.11 Å². The molecule has 0 amide bonds. The molecule has 0 aliphatic heterocycles. The summed E-state index contributed by atoms with van der Waals surface area (Å²) in [6, 6.07) is 24.5. The third-order valence-corrected chi connectivity index (χ3v) is 4.52. The minimum atomic E-state index is -0.431. The lowest BCUT2D eigenvalue weighted by atomic mass is 10.1. The molecule has 1 unspecified atom stereocenters. The first kappa shape index (κ1) is 13.1. The van der Waals surface area contributed by atoms with Gasteiger partial charge in [-0.05, 0) is 23.3 Å². The first-order valence-electron chi connectivity index (χ1n) is 6.70. The Balaban J connectivity index is 1.77. The Hall–Kier alpha value is -1.90. The average molecular weight is 280 g/mol. The minimum Gasteiger partial charge on any atom is -0.387 e. The summed E-state index contributed by atoms with van der Waals surface area (Å²) in [5, 5.41) is 10.3. The third kappa shape index (κ3) is 2.98. The lowest BCUT2D eigenvalue weighted by molar-refractivity contribution is 0.182. The third-order valence-electron chi connectivity index (χ3n) is 3.29. The van der Waals surface area contributed by atoms with Crippen LogP contribution in [0, 0.1) is 0 Å². The molecule has 0 saturated carbocycles. The van der Waals surface area contributed by atoms with E-state index < -0.39 is 6.10 Å². The van der Waals surface area contributed by atoms with Gasteiger partial charge in [-0.15, -0.1) is 11.3 Å². The van der Waals surface area contributed by atoms with Crippen molar-refractivity contribution < 1.29 is 5.11 Å². The van der Waals surface area contributed by atoms with Crippen molar-refractivity contribution in [2.24, 2.45) is 0 Å². The number of aliphatic hydroxyl groups excluding tert-OH is 1. The fourth-order valence-electron chi connectivity index (χ4n) is 2.23. The lowest BCUT2D eigenvalue weighted by Crippen LogP contribution is -1.98. The molecule has 0 spiro atoms. The van der Waals surface area contributed by atoms with Crippen LogP contribution in [0.2, 0.25) is 0 Å². The highest BCUT2D eigenvalue weighted by atomic mass is 32.1. The van der Waals surface area contributed by atoms with Gasteiger partial charge in [0.2, 0.25) is 0 Å². The van der Waals surface area contributed by atoms with Crippen molar-refractivity contribution in [2.45, 2.75) is 12.5 Å². The fourth-order valence-corrected chi connectivity index (χ4v) is 3.23. The normalized spacial score (nSPS) is 12.2. The lowest BCUT2D eigenvalue weighted by Gasteiger charge is -2.08. The number of hydrogen-bond donors (Lipinski definition) is 1. The van der Waals surface area contributed by atoms with Crippen molar-refractivity contribution in [1.29, 1.82) is 0 Å². The predicted molar refractivity (Wildman–Crippen MR) is 84.9 cm³/mol. The molecule has 2 aromatic carbocycles. The zero-order valence-corrected chi connectivity index (χ0v) is 11.9. The molecule has 1 nitrogen and oxygen atoms in total. The maximum Gasteiger partial charge on any atom is 0.0922 e. The van der Waals surface area contributed by atoms with Crippen LogP contribution in [0.4, 0.5) is 0 Å². The largest absolute Gasteiger partial charge is 0.387 e. The summed E-state index contributed by atoms with van der Waals surface area (Å²) in [4.78, 5) is 2.22. The molecule has 0 radical (unpaired) electrons. The minimum absolute atomic E-state index is 0.431. The Kier molecular flexibility index (Phi) is 3.95. The molecule has 0 bridgehead atoms. The van der Waals surface area contributed by atoms with Crippen molar-refractivity contribution >= 4 is 11.3 Å². The van der Waals surface area contributed by atoms with Gasteiger partial charge in [0, 0.05) is 16.2 Å². The second kappa shape index (κ2) is 6.04. The zero-order valence-electron chi connectivity index (χ0n) is 11.1. The van der Waals surface area contributed by atoms with Crippen LogP contribution in [-0.2, 0) is 6.42 Å². The van der Waals surface area contributed by atoms with Crippen molar-refractivity contribution in [3.8, 4) is 10.4 Å². The maximum absolute atomic E-state index is 10.3. The summed E-state index contributed by atoms with van der Waals surface area (Å²) in [6.45, 7) is 0. The molecule has 0 aliphatic rings. The van der Waals surface area contributed by atoms with Gasteiger partial charge < -0.3 is 5.11 Å². The summed E-state index contributed by atoms with van der Waals surface area (Å²) < 4.78 is 0. The smallest absolute Gasteiger partial charge is 0.0922 e. The number of thiophene rings is 1. The monoisotopic (exact) mass is 280 g/mol. The van der Waals surface area contributed by atoms with Crippen LogP contribution in [0.5, 0.6) is 0 Å². The molecule has 3 rings (SSSR count). The highest BCUT2D eigenvalue weighted by Crippen LogP contribution is 2.32. The van der Waals surface area contributed by atoms with Gasteiger partial charge in [0.15, 0.2) is 0 Å². The molecule has 0 saturated heterocycles. The molecule has 1 heterocycles. The molecule has 1 N–H and O–H groups in total. The molecule has 1 atom stereocenters. The van der Waals surface area contributed by atoms with Gasteiger partial charge in [0.25, 0.3) is 0 Å². The molecule has 100 valence electrons. The summed E-state index contributed by atoms with van der Waals surface area (Å²) in [7, 11) is 0. The topological polar surface area (TPSA) is 20.2 Å². The second-order valence-corrected chi connectivity index (χ2v) is 5.89. The van der Waals surface area contributed by atoms with E-state index in [4.69, 9.17) is 0 Å². The standard InChI is InChI=1S/C18H16OS/c19-16(13-14-7-3-1-4-8-14)18-12-11-17(20-18)15-9-5-2-6-10-15/h1-12,16,19H,13H2. The predicted octanol–water partition coefficient (Wildman–Crippen LogP) is 4.69. The van der Waals surface area contributed by atoms with Crippen LogP contribution >= 0.6 is 11.3 Å². The van der Waals surface area contributed by atoms with E-state index in [1.54, 1.807) is 11.3 Å². The molecule has 0 fully saturated rings. The van der Waals surface area contributed by atoms with E-state index in [1.165, 1.54) is 10.4 Å². The first-order valence-corrected chi connectivity index (χ1v) is 7.52. The van der Waals surface area contributed by atoms with E-state index in [1.807, 2.05) is 42.5 Å². The van der Waals surface area contributed by atoms with E-state index in [9.17, 15) is 5.11 Å². The van der Waals surface area contributed by atoms with Gasteiger partial charge in [-0.1, -0.05) is 60.7 Å². The molecule has 20 heavy (non-hydrogen) atoms. The van der Waals surface area contributed by atoms with E-state index in [2.05, 4.69) is 30.3 Å². The molecular formula is C18H16OS. The van der Waals surface area contributed by atoms with E-state index in [-0.39, 0.29) is 0 Å². The highest BCUT2D eigenvalue weighted by molar-refractivity contribution is 7.15. The van der Waals surface area contributed by atoms with Gasteiger partial charge in [-0.3, -0.25) is 0 Å². The van der Waals surface area contributed by atoms with Crippen LogP contribution in [0.3, 0.4) is 0 Å². The number of rotatable bonds is 4. The summed E-state index contributed by atoms with van der Waals surface area (Å²) in [5.74, 6) is 0. The summed E-state index contributed by atoms with van der Waals surface area (Å²) in [6.07, 6.45) is 0.232. The van der Waals surface area contributed by atoms with Crippen LogP contribution in [0.15, 0.2) is 72.8 Å². The molecule has 3 aromatic rings. The van der Waals surface area contributed by atoms with Crippen molar-refractivity contribution in [2.75, 3.05) is 0 Å². The highest BCUT2D eigenvalue weighted by Gasteiger charge is 2.12. The zero-order chi connectivity index (χ0) is 13.8. The molecular weight excluding hydrogens is 264 g/mol. The molecule has 2 heteroatoms. The van der Waals surface area contributed by atoms with E-state index in [0.717, 1.165) is 10.4 Å². The molecule has 1 aromatic heterocycles. The van der Waals surface area contributed by atoms with Crippen molar-refractivity contribution in [3.05, 3.63) is 83.2 Å². The summed E-state index contributed by atoms with van der Waals surface area (Å²) >= 11 is 1.66. The Bertz CT molecular complexity index is 658. The van der Waals surface area contributed by atoms with Crippen molar-refractivity contribution in [1.82, 2.24) is 0 Å². The van der Waals surface area contributed by atoms with E-state index in [0.29, 0.717) is 6.42 Å². The average Bonchev–Trinajstić information content (AvgIpc) is 2.99. The maximum atomic E-state index is 10.3. The molecule has 0 aliphatic carbocycles. The Morgan fingerprint density at radius 2 is 1.45 bits per heavy atom. The Labute approximate surface area is 123 Å². The fraction of sp³-hybridized carbons (Fsp3) is 0.111. The van der Waals surface area contributed by atoms with Crippen molar-refractivity contribution in [3.63, 3.8) is 0 Å². The SMILES string of the molecule is OC(Cc1ccccc1)c1ccc(-c2ccccc2)s1. The Morgan fingerprint density at radius 3 is 2.15 bits per heavy atom. The summed E-state index contributed by atoms with van der Waals surface area (Å²) in [5.41, 5.74) is 2.37. The van der Waals surface area contributed by atoms with Gasteiger partial charge in [0.05, 0.1) is 6.10 Å². The number of hydrogen-bond acceptors (Lipinski definition) is 2. The number of benzene rings is 2. The van der Waals surface area contributed by atoms with Gasteiger partial charge in [-0.25, -0.2) is 0 Å². The number of aliphatic hydroxyl groups is 1. The van der Waals surface area contributed by atoms with Crippen LogP contribution in [0.1, 0.15) is 16.5 Å². The first-order chi connectivity index (χ1) is 9.83. The second-order valence-electron chi connectivity index (χ2n) is 4.77. The van der Waals surface area contributed by atoms with Gasteiger partial charge in [-0.2, -0.15) is 0 Å². The Morgan fingerprint density at radius 1 is 0.800 bits per heavy atom. The quantitative estimate of drug-likeness (QED) is 0.735. The van der Waals surface area contributed by atoms with Crippen LogP contribution < -0.4 is 0 Å². The van der Waals surface area contributed by atoms with Crippen LogP contribution in [0.25, 0.3) is 10.4 Å². The van der Waals surface area contributed by atoms with E-state index >= 15 is 0 Å². The van der Waals surface area contributed by atoms with Gasteiger partial charge >= 0.3 is 0 Å². The van der Waals surface area contributed by atoms with Gasteiger partial charge in [0.1, 0.15) is 0 Å².